The Bertz CT molecular complexity index is 292. The van der Waals surface area contributed by atoms with Crippen LogP contribution < -0.4 is 0 Å². The number of hydrogen-bond acceptors (Lipinski definition) is 1. The molecule has 1 aliphatic rings. The van der Waals surface area contributed by atoms with Gasteiger partial charge < -0.3 is 4.74 Å². The number of rotatable bonds is 3. The van der Waals surface area contributed by atoms with Crippen molar-refractivity contribution in [1.29, 1.82) is 0 Å². The predicted octanol–water partition coefficient (Wildman–Crippen LogP) is 3.37. The highest BCUT2D eigenvalue weighted by Crippen LogP contribution is 2.23. The van der Waals surface area contributed by atoms with Crippen LogP contribution in [0, 0.1) is 0 Å². The molecule has 0 N–H and O–H groups in total. The largest absolute Gasteiger partial charge is 0.493 e. The third kappa shape index (κ3) is 2.35. The summed E-state index contributed by atoms with van der Waals surface area (Å²) in [6, 6.07) is 0. The van der Waals surface area contributed by atoms with Gasteiger partial charge in [-0.05, 0) is 31.1 Å². The lowest BCUT2D eigenvalue weighted by atomic mass is 10.1. The second-order valence-corrected chi connectivity index (χ2v) is 3.30. The molecule has 0 radical (unpaired) electrons. The molecule has 0 amide bonds. The average Bonchev–Trinajstić information content (AvgIpc) is 2.51. The minimum Gasteiger partial charge on any atom is -0.493 e. The van der Waals surface area contributed by atoms with E-state index in [1.54, 1.807) is 6.08 Å². The van der Waals surface area contributed by atoms with Crippen LogP contribution in [-0.2, 0) is 4.74 Å². The summed E-state index contributed by atoms with van der Waals surface area (Å²) < 4.78 is 5.38. The van der Waals surface area contributed by atoms with E-state index in [2.05, 4.69) is 26.2 Å². The first kappa shape index (κ1) is 9.85. The summed E-state index contributed by atoms with van der Waals surface area (Å²) in [7, 11) is 0. The van der Waals surface area contributed by atoms with E-state index < -0.39 is 0 Å². The third-order valence-corrected chi connectivity index (χ3v) is 2.19. The van der Waals surface area contributed by atoms with Crippen LogP contribution >= 0.6 is 0 Å². The zero-order chi connectivity index (χ0) is 9.84. The summed E-state index contributed by atoms with van der Waals surface area (Å²) in [4.78, 5) is 0. The second kappa shape index (κ2) is 4.13. The molecule has 70 valence electrons. The summed E-state index contributed by atoms with van der Waals surface area (Å²) in [6.45, 7) is 12.4. The molecule has 1 rings (SSSR count). The molecule has 0 bridgehead atoms. The molecule has 1 heterocycles. The number of ether oxygens (including phenoxy) is 1. The second-order valence-electron chi connectivity index (χ2n) is 3.30. The fourth-order valence-electron chi connectivity index (χ4n) is 1.20. The van der Waals surface area contributed by atoms with Gasteiger partial charge in [0.15, 0.2) is 0 Å². The molecule has 1 heteroatoms. The van der Waals surface area contributed by atoms with Crippen LogP contribution in [-0.4, -0.2) is 6.61 Å². The lowest BCUT2D eigenvalue weighted by Crippen LogP contribution is -1.81. The highest BCUT2D eigenvalue weighted by molar-refractivity contribution is 5.38. The molecule has 13 heavy (non-hydrogen) atoms. The maximum absolute atomic E-state index is 5.38. The van der Waals surface area contributed by atoms with Crippen LogP contribution in [0.3, 0.4) is 0 Å². The van der Waals surface area contributed by atoms with Crippen molar-refractivity contribution >= 4 is 0 Å². The van der Waals surface area contributed by atoms with Crippen molar-refractivity contribution in [3.05, 3.63) is 47.8 Å². The van der Waals surface area contributed by atoms with Gasteiger partial charge in [-0.1, -0.05) is 24.8 Å². The normalized spacial score (nSPS) is 17.2. The Balaban J connectivity index is 2.89. The van der Waals surface area contributed by atoms with Gasteiger partial charge in [0.05, 0.1) is 6.61 Å². The summed E-state index contributed by atoms with van der Waals surface area (Å²) in [5, 5.41) is 0. The first-order valence-corrected chi connectivity index (χ1v) is 4.47. The Hall–Kier alpha value is -1.24. The van der Waals surface area contributed by atoms with E-state index in [0.717, 1.165) is 24.4 Å². The highest BCUT2D eigenvalue weighted by Gasteiger charge is 2.10. The van der Waals surface area contributed by atoms with Crippen molar-refractivity contribution < 1.29 is 4.74 Å². The fraction of sp³-hybridized carbons (Fsp3) is 0.333. The van der Waals surface area contributed by atoms with Crippen LogP contribution in [0.25, 0.3) is 0 Å². The van der Waals surface area contributed by atoms with Crippen molar-refractivity contribution in [3.8, 4) is 0 Å². The fourth-order valence-corrected chi connectivity index (χ4v) is 1.20. The van der Waals surface area contributed by atoms with Crippen LogP contribution in [0.4, 0.5) is 0 Å². The van der Waals surface area contributed by atoms with Crippen molar-refractivity contribution in [1.82, 2.24) is 0 Å². The zero-order valence-corrected chi connectivity index (χ0v) is 8.39. The molecular weight excluding hydrogens is 160 g/mol. The molecule has 0 aliphatic carbocycles. The van der Waals surface area contributed by atoms with E-state index in [0.29, 0.717) is 0 Å². The molecule has 0 spiro atoms. The van der Waals surface area contributed by atoms with Crippen molar-refractivity contribution in [2.75, 3.05) is 6.61 Å². The smallest absolute Gasteiger partial charge is 0.122 e. The van der Waals surface area contributed by atoms with Crippen molar-refractivity contribution in [2.24, 2.45) is 0 Å². The van der Waals surface area contributed by atoms with Gasteiger partial charge >= 0.3 is 0 Å². The molecular formula is C12H16O. The Morgan fingerprint density at radius 2 is 2.15 bits per heavy atom. The number of hydrogen-bond donors (Lipinski definition) is 0. The maximum Gasteiger partial charge on any atom is 0.122 e. The molecule has 0 atom stereocenters. The van der Waals surface area contributed by atoms with E-state index >= 15 is 0 Å². The van der Waals surface area contributed by atoms with Crippen LogP contribution in [0.2, 0.25) is 0 Å². The van der Waals surface area contributed by atoms with E-state index in [-0.39, 0.29) is 0 Å². The molecule has 0 aromatic heterocycles. The first-order valence-electron chi connectivity index (χ1n) is 4.47. The van der Waals surface area contributed by atoms with Gasteiger partial charge in [-0.3, -0.25) is 0 Å². The molecule has 1 aliphatic heterocycles. The molecule has 1 nitrogen and oxygen atoms in total. The van der Waals surface area contributed by atoms with E-state index in [4.69, 9.17) is 4.74 Å². The Labute approximate surface area is 80.1 Å². The zero-order valence-electron chi connectivity index (χ0n) is 8.39. The maximum atomic E-state index is 5.38. The van der Waals surface area contributed by atoms with Gasteiger partial charge in [0.1, 0.15) is 5.76 Å². The Morgan fingerprint density at radius 1 is 1.46 bits per heavy atom. The van der Waals surface area contributed by atoms with E-state index in [1.807, 2.05) is 6.92 Å². The average molecular weight is 176 g/mol. The predicted molar refractivity (Wildman–Crippen MR) is 56.4 cm³/mol. The Kier molecular flexibility index (Phi) is 3.13. The summed E-state index contributed by atoms with van der Waals surface area (Å²) in [6.07, 6.45) is 4.88. The quantitative estimate of drug-likeness (QED) is 0.599. The first-order chi connectivity index (χ1) is 6.15. The summed E-state index contributed by atoms with van der Waals surface area (Å²) >= 11 is 0. The molecule has 0 aromatic rings. The van der Waals surface area contributed by atoms with Crippen LogP contribution in [0.5, 0.6) is 0 Å². The lowest BCUT2D eigenvalue weighted by molar-refractivity contribution is 0.257. The summed E-state index contributed by atoms with van der Waals surface area (Å²) in [5.74, 6) is 0.917. The molecule has 0 saturated heterocycles. The van der Waals surface area contributed by atoms with E-state index in [1.165, 1.54) is 11.1 Å². The van der Waals surface area contributed by atoms with Gasteiger partial charge in [-0.25, -0.2) is 0 Å². The van der Waals surface area contributed by atoms with Gasteiger partial charge in [-0.2, -0.15) is 0 Å². The van der Waals surface area contributed by atoms with Gasteiger partial charge in [0.25, 0.3) is 0 Å². The molecule has 0 saturated carbocycles. The van der Waals surface area contributed by atoms with Gasteiger partial charge in [0, 0.05) is 6.42 Å². The number of allylic oxidation sites excluding steroid dienone is 4. The van der Waals surface area contributed by atoms with Crippen molar-refractivity contribution in [2.45, 2.75) is 20.3 Å². The van der Waals surface area contributed by atoms with Crippen LogP contribution in [0.1, 0.15) is 20.3 Å². The monoisotopic (exact) mass is 176 g/mol. The minimum atomic E-state index is 0.774. The van der Waals surface area contributed by atoms with Crippen molar-refractivity contribution in [3.63, 3.8) is 0 Å². The SMILES string of the molecule is C=CC1=C(/C=C(\C)C(=C)C)CCO1. The molecule has 0 fully saturated rings. The van der Waals surface area contributed by atoms with Gasteiger partial charge in [0.2, 0.25) is 0 Å². The Morgan fingerprint density at radius 3 is 2.69 bits per heavy atom. The van der Waals surface area contributed by atoms with Crippen LogP contribution in [0.15, 0.2) is 47.8 Å². The standard InChI is InChI=1S/C12H16O/c1-5-12-11(6-7-13-12)8-10(4)9(2)3/h5,8H,1-2,6-7H2,3-4H3/b10-8+. The summed E-state index contributed by atoms with van der Waals surface area (Å²) in [5.41, 5.74) is 3.54. The van der Waals surface area contributed by atoms with Gasteiger partial charge in [-0.15, -0.1) is 0 Å². The van der Waals surface area contributed by atoms with E-state index in [9.17, 15) is 0 Å². The topological polar surface area (TPSA) is 9.23 Å². The molecule has 0 unspecified atom stereocenters. The third-order valence-electron chi connectivity index (χ3n) is 2.19. The minimum absolute atomic E-state index is 0.774. The molecule has 0 aromatic carbocycles. The highest BCUT2D eigenvalue weighted by atomic mass is 16.5. The lowest BCUT2D eigenvalue weighted by Gasteiger charge is -2.00.